The number of aryl methyl sites for hydroxylation is 2. The van der Waals surface area contributed by atoms with E-state index in [9.17, 15) is 13.2 Å². The van der Waals surface area contributed by atoms with Gasteiger partial charge >= 0.3 is 6.18 Å². The van der Waals surface area contributed by atoms with Crippen LogP contribution in [-0.2, 0) is 25.7 Å². The molecule has 2 heterocycles. The molecule has 0 bridgehead atoms. The zero-order chi connectivity index (χ0) is 20.4. The summed E-state index contributed by atoms with van der Waals surface area (Å²) >= 11 is 0. The first kappa shape index (κ1) is 19.8. The van der Waals surface area contributed by atoms with E-state index in [0.717, 1.165) is 44.2 Å². The van der Waals surface area contributed by atoms with Crippen molar-refractivity contribution >= 4 is 0 Å². The number of fused-ring (bicyclic) bond motifs is 1. The molecule has 0 spiro atoms. The zero-order valence-corrected chi connectivity index (χ0v) is 16.5. The Morgan fingerprint density at radius 3 is 2.48 bits per heavy atom. The second kappa shape index (κ2) is 8.07. The smallest absolute Gasteiger partial charge is 0.350 e. The highest BCUT2D eigenvalue weighted by Gasteiger charge is 2.33. The van der Waals surface area contributed by atoms with E-state index in [4.69, 9.17) is 0 Å². The minimum absolute atomic E-state index is 0.209. The van der Waals surface area contributed by atoms with Gasteiger partial charge in [0.25, 0.3) is 0 Å². The lowest BCUT2D eigenvalue weighted by atomic mass is 9.97. The monoisotopic (exact) mass is 398 g/mol. The summed E-state index contributed by atoms with van der Waals surface area (Å²) < 4.78 is 42.3. The van der Waals surface area contributed by atoms with Crippen LogP contribution in [0.3, 0.4) is 0 Å². The van der Waals surface area contributed by atoms with Gasteiger partial charge in [0.15, 0.2) is 0 Å². The largest absolute Gasteiger partial charge is 0.416 e. The predicted octanol–water partition coefficient (Wildman–Crippen LogP) is 6.06. The summed E-state index contributed by atoms with van der Waals surface area (Å²) in [5, 5.41) is 0. The maximum atomic E-state index is 13.4. The molecule has 0 N–H and O–H groups in total. The molecule has 0 radical (unpaired) electrons. The van der Waals surface area contributed by atoms with Gasteiger partial charge in [0.1, 0.15) is 0 Å². The Morgan fingerprint density at radius 1 is 0.931 bits per heavy atom. The Morgan fingerprint density at radius 2 is 1.72 bits per heavy atom. The number of hydrogen-bond donors (Lipinski definition) is 0. The van der Waals surface area contributed by atoms with Crippen molar-refractivity contribution in [3.63, 3.8) is 0 Å². The van der Waals surface area contributed by atoms with Gasteiger partial charge in [-0.1, -0.05) is 43.3 Å². The van der Waals surface area contributed by atoms with Crippen molar-refractivity contribution in [1.82, 2.24) is 9.47 Å². The third-order valence-electron chi connectivity index (χ3n) is 5.76. The van der Waals surface area contributed by atoms with Crippen LogP contribution in [0.2, 0.25) is 0 Å². The van der Waals surface area contributed by atoms with E-state index >= 15 is 0 Å². The van der Waals surface area contributed by atoms with E-state index in [0.29, 0.717) is 5.56 Å². The molecule has 2 aromatic carbocycles. The van der Waals surface area contributed by atoms with Crippen molar-refractivity contribution in [2.45, 2.75) is 45.1 Å². The topological polar surface area (TPSA) is 8.17 Å². The van der Waals surface area contributed by atoms with E-state index in [2.05, 4.69) is 28.5 Å². The van der Waals surface area contributed by atoms with Crippen molar-refractivity contribution in [2.75, 3.05) is 6.54 Å². The van der Waals surface area contributed by atoms with Gasteiger partial charge in [-0.3, -0.25) is 4.90 Å². The van der Waals surface area contributed by atoms with Crippen molar-refractivity contribution in [1.29, 1.82) is 0 Å². The second-order valence-electron chi connectivity index (χ2n) is 7.60. The van der Waals surface area contributed by atoms with Crippen molar-refractivity contribution in [2.24, 2.45) is 0 Å². The first-order chi connectivity index (χ1) is 14.0. The molecule has 3 aromatic rings. The number of aromatic nitrogens is 1. The number of benzene rings is 2. The Hall–Kier alpha value is -2.53. The van der Waals surface area contributed by atoms with Crippen LogP contribution in [0.5, 0.6) is 0 Å². The second-order valence-corrected chi connectivity index (χ2v) is 7.60. The third-order valence-corrected chi connectivity index (χ3v) is 5.76. The summed E-state index contributed by atoms with van der Waals surface area (Å²) in [5.74, 6) is 0. The van der Waals surface area contributed by atoms with E-state index in [1.54, 1.807) is 0 Å². The van der Waals surface area contributed by atoms with E-state index in [1.807, 2.05) is 36.5 Å². The van der Waals surface area contributed by atoms with Gasteiger partial charge < -0.3 is 4.57 Å². The number of hydrogen-bond acceptors (Lipinski definition) is 1. The fourth-order valence-electron chi connectivity index (χ4n) is 4.35. The summed E-state index contributed by atoms with van der Waals surface area (Å²) in [6, 6.07) is 18.0. The number of nitrogens with zero attached hydrogens (tertiary/aromatic N) is 2. The Labute approximate surface area is 169 Å². The Kier molecular flexibility index (Phi) is 5.50. The van der Waals surface area contributed by atoms with Gasteiger partial charge in [0.05, 0.1) is 11.6 Å². The van der Waals surface area contributed by atoms with Crippen LogP contribution in [0.1, 0.15) is 47.3 Å². The molecule has 0 aliphatic carbocycles. The first-order valence-corrected chi connectivity index (χ1v) is 10.1. The average Bonchev–Trinajstić information content (AvgIpc) is 3.09. The molecule has 152 valence electrons. The molecule has 1 aromatic heterocycles. The lowest BCUT2D eigenvalue weighted by molar-refractivity contribution is -0.137. The van der Waals surface area contributed by atoms with Crippen molar-refractivity contribution in [3.05, 3.63) is 94.8 Å². The molecule has 4 rings (SSSR count). The van der Waals surface area contributed by atoms with Crippen LogP contribution < -0.4 is 0 Å². The average molecular weight is 398 g/mol. The van der Waals surface area contributed by atoms with Gasteiger partial charge in [0, 0.05) is 31.5 Å². The Bertz CT molecular complexity index is 974. The van der Waals surface area contributed by atoms with Gasteiger partial charge in [-0.2, -0.15) is 13.2 Å². The van der Waals surface area contributed by atoms with Crippen molar-refractivity contribution < 1.29 is 13.2 Å². The predicted molar refractivity (Wildman–Crippen MR) is 109 cm³/mol. The van der Waals surface area contributed by atoms with Crippen molar-refractivity contribution in [3.8, 4) is 0 Å². The van der Waals surface area contributed by atoms with Crippen LogP contribution in [-0.4, -0.2) is 16.0 Å². The standard InChI is InChI=1S/C24H25F3N2/c1-2-18-8-3-4-9-20(18)17-29-15-7-14-28-13-6-12-22(28)23(29)19-10-5-11-21(16-19)24(25,26)27/h3-6,8-13,16,23H,2,7,14-15,17H2,1H3/t23-/m0/s1. The van der Waals surface area contributed by atoms with Crippen LogP contribution in [0.25, 0.3) is 0 Å². The SMILES string of the molecule is CCc1ccccc1CN1CCCn2cccc2[C@@H]1c1cccc(C(F)(F)F)c1. The van der Waals surface area contributed by atoms with Gasteiger partial charge in [-0.05, 0) is 53.8 Å². The maximum absolute atomic E-state index is 13.4. The summed E-state index contributed by atoms with van der Waals surface area (Å²) in [4.78, 5) is 2.32. The summed E-state index contributed by atoms with van der Waals surface area (Å²) in [6.07, 6.45) is -0.415. The molecule has 1 atom stereocenters. The highest BCUT2D eigenvalue weighted by Crippen LogP contribution is 2.36. The molecule has 5 heteroatoms. The molecule has 0 fully saturated rings. The summed E-state index contributed by atoms with van der Waals surface area (Å²) in [5.41, 5.74) is 3.68. The highest BCUT2D eigenvalue weighted by atomic mass is 19.4. The molecule has 0 amide bonds. The van der Waals surface area contributed by atoms with Crippen LogP contribution in [0, 0.1) is 0 Å². The van der Waals surface area contributed by atoms with Crippen LogP contribution in [0.4, 0.5) is 13.2 Å². The van der Waals surface area contributed by atoms with E-state index in [-0.39, 0.29) is 6.04 Å². The lowest BCUT2D eigenvalue weighted by Crippen LogP contribution is -2.30. The summed E-state index contributed by atoms with van der Waals surface area (Å²) in [6.45, 7) is 4.57. The molecule has 0 unspecified atom stereocenters. The maximum Gasteiger partial charge on any atom is 0.416 e. The van der Waals surface area contributed by atoms with Crippen LogP contribution >= 0.6 is 0 Å². The third kappa shape index (κ3) is 4.10. The lowest BCUT2D eigenvalue weighted by Gasteiger charge is -2.31. The zero-order valence-electron chi connectivity index (χ0n) is 16.5. The molecule has 1 aliphatic rings. The molecule has 0 saturated carbocycles. The minimum Gasteiger partial charge on any atom is -0.350 e. The normalized spacial score (nSPS) is 17.7. The quantitative estimate of drug-likeness (QED) is 0.518. The molecular formula is C24H25F3N2. The fourth-order valence-corrected chi connectivity index (χ4v) is 4.35. The summed E-state index contributed by atoms with van der Waals surface area (Å²) in [7, 11) is 0. The number of alkyl halides is 3. The highest BCUT2D eigenvalue weighted by molar-refractivity contribution is 5.35. The molecular weight excluding hydrogens is 373 g/mol. The number of halogens is 3. The molecule has 2 nitrogen and oxygen atoms in total. The van der Waals surface area contributed by atoms with E-state index < -0.39 is 11.7 Å². The molecule has 29 heavy (non-hydrogen) atoms. The Balaban J connectivity index is 1.78. The van der Waals surface area contributed by atoms with Crippen LogP contribution in [0.15, 0.2) is 66.9 Å². The molecule has 0 saturated heterocycles. The number of rotatable bonds is 4. The first-order valence-electron chi connectivity index (χ1n) is 10.1. The van der Waals surface area contributed by atoms with Gasteiger partial charge in [-0.15, -0.1) is 0 Å². The molecule has 1 aliphatic heterocycles. The fraction of sp³-hybridized carbons (Fsp3) is 0.333. The van der Waals surface area contributed by atoms with Gasteiger partial charge in [-0.25, -0.2) is 0 Å². The van der Waals surface area contributed by atoms with E-state index in [1.165, 1.54) is 23.3 Å². The minimum atomic E-state index is -4.34. The van der Waals surface area contributed by atoms with Gasteiger partial charge in [0.2, 0.25) is 0 Å².